The molecule has 0 aromatic carbocycles. The maximum atomic E-state index is 10.7. The van der Waals surface area contributed by atoms with Gasteiger partial charge < -0.3 is 15.2 Å². The molecule has 74 valence electrons. The normalized spacial score (nSPS) is 19.5. The summed E-state index contributed by atoms with van der Waals surface area (Å²) in [6.45, 7) is 1.37. The van der Waals surface area contributed by atoms with E-state index in [4.69, 9.17) is 9.84 Å². The molecule has 1 fully saturated rings. The highest BCUT2D eigenvalue weighted by molar-refractivity contribution is 8.14. The smallest absolute Gasteiger partial charge is 0.284 e. The van der Waals surface area contributed by atoms with Crippen LogP contribution in [0.4, 0.5) is 4.79 Å². The fourth-order valence-corrected chi connectivity index (χ4v) is 1.44. The van der Waals surface area contributed by atoms with Crippen LogP contribution in [0.25, 0.3) is 0 Å². The van der Waals surface area contributed by atoms with Crippen molar-refractivity contribution in [3.8, 4) is 0 Å². The number of rotatable bonds is 5. The van der Waals surface area contributed by atoms with Crippen molar-refractivity contribution in [2.75, 3.05) is 32.1 Å². The Bertz CT molecular complexity index is 208. The van der Waals surface area contributed by atoms with Gasteiger partial charge in [0.15, 0.2) is 0 Å². The van der Waals surface area contributed by atoms with Crippen molar-refractivity contribution in [3.63, 3.8) is 0 Å². The van der Waals surface area contributed by atoms with Gasteiger partial charge >= 0.3 is 0 Å². The largest absolute Gasteiger partial charge is 0.394 e. The molecule has 1 saturated heterocycles. The second-order valence-electron chi connectivity index (χ2n) is 2.37. The zero-order chi connectivity index (χ0) is 9.52. The number of thioether (sulfide) groups is 1. The molecule has 1 aliphatic rings. The predicted molar refractivity (Wildman–Crippen MR) is 51.2 cm³/mol. The number of amidine groups is 1. The van der Waals surface area contributed by atoms with Gasteiger partial charge in [0.1, 0.15) is 5.84 Å². The van der Waals surface area contributed by atoms with E-state index in [9.17, 15) is 4.79 Å². The first-order chi connectivity index (χ1) is 6.33. The predicted octanol–water partition coefficient (Wildman–Crippen LogP) is -0.150. The second kappa shape index (κ2) is 5.95. The quantitative estimate of drug-likeness (QED) is 0.611. The summed E-state index contributed by atoms with van der Waals surface area (Å²) in [6, 6.07) is 0. The Balaban J connectivity index is 2.07. The molecule has 0 saturated carbocycles. The summed E-state index contributed by atoms with van der Waals surface area (Å²) in [6.07, 6.45) is 0. The topological polar surface area (TPSA) is 70.9 Å². The lowest BCUT2D eigenvalue weighted by atomic mass is 10.6. The van der Waals surface area contributed by atoms with Crippen LogP contribution >= 0.6 is 11.8 Å². The molecule has 0 atom stereocenters. The molecule has 1 aliphatic heterocycles. The Morgan fingerprint density at radius 3 is 3.08 bits per heavy atom. The van der Waals surface area contributed by atoms with E-state index in [2.05, 4.69) is 10.3 Å². The molecule has 2 N–H and O–H groups in total. The van der Waals surface area contributed by atoms with Gasteiger partial charge in [0.25, 0.3) is 5.24 Å². The standard InChI is InChI=1S/C7H12N2O3S/c10-2-4-12-3-1-8-6-5-13-7(11)9-6/h10H,1-5H2,(H,8,9,11). The SMILES string of the molecule is O=C1NC(=NCCOCCO)CS1. The molecule has 0 bridgehead atoms. The van der Waals surface area contributed by atoms with E-state index < -0.39 is 0 Å². The molecule has 1 heterocycles. The van der Waals surface area contributed by atoms with E-state index in [0.29, 0.717) is 31.3 Å². The Morgan fingerprint density at radius 2 is 2.46 bits per heavy atom. The van der Waals surface area contributed by atoms with Crippen molar-refractivity contribution in [2.24, 2.45) is 4.99 Å². The van der Waals surface area contributed by atoms with E-state index >= 15 is 0 Å². The van der Waals surface area contributed by atoms with Crippen LogP contribution in [0.3, 0.4) is 0 Å². The molecular weight excluding hydrogens is 192 g/mol. The summed E-state index contributed by atoms with van der Waals surface area (Å²) in [7, 11) is 0. The second-order valence-corrected chi connectivity index (χ2v) is 3.31. The van der Waals surface area contributed by atoms with Crippen LogP contribution < -0.4 is 5.32 Å². The zero-order valence-electron chi connectivity index (χ0n) is 7.15. The molecule has 0 spiro atoms. The summed E-state index contributed by atoms with van der Waals surface area (Å²) < 4.78 is 4.99. The maximum absolute atomic E-state index is 10.7. The third-order valence-corrected chi connectivity index (χ3v) is 2.14. The number of carbonyl (C=O) groups excluding carboxylic acids is 1. The van der Waals surface area contributed by atoms with Crippen LogP contribution in [0.2, 0.25) is 0 Å². The molecule has 1 amide bonds. The summed E-state index contributed by atoms with van der Waals surface area (Å²) in [5.41, 5.74) is 0. The van der Waals surface area contributed by atoms with Gasteiger partial charge in [0.2, 0.25) is 0 Å². The van der Waals surface area contributed by atoms with Gasteiger partial charge in [0, 0.05) is 0 Å². The number of hydrogen-bond acceptors (Lipinski definition) is 5. The summed E-state index contributed by atoms with van der Waals surface area (Å²) in [5, 5.41) is 11.0. The van der Waals surface area contributed by atoms with Crippen molar-refractivity contribution in [3.05, 3.63) is 0 Å². The van der Waals surface area contributed by atoms with Gasteiger partial charge in [0.05, 0.1) is 32.1 Å². The van der Waals surface area contributed by atoms with E-state index in [-0.39, 0.29) is 11.8 Å². The zero-order valence-corrected chi connectivity index (χ0v) is 7.97. The van der Waals surface area contributed by atoms with Gasteiger partial charge in [-0.1, -0.05) is 11.8 Å². The van der Waals surface area contributed by atoms with Crippen LogP contribution in [-0.4, -0.2) is 48.3 Å². The van der Waals surface area contributed by atoms with Gasteiger partial charge in [-0.25, -0.2) is 0 Å². The third-order valence-electron chi connectivity index (χ3n) is 1.36. The molecule has 5 nitrogen and oxygen atoms in total. The average Bonchev–Trinajstić information content (AvgIpc) is 2.51. The number of carbonyl (C=O) groups is 1. The lowest BCUT2D eigenvalue weighted by Gasteiger charge is -1.99. The summed E-state index contributed by atoms with van der Waals surface area (Å²) in [5.74, 6) is 1.33. The van der Waals surface area contributed by atoms with Crippen LogP contribution in [0.1, 0.15) is 0 Å². The Labute approximate surface area is 80.6 Å². The summed E-state index contributed by atoms with van der Waals surface area (Å²) >= 11 is 1.21. The van der Waals surface area contributed by atoms with Crippen molar-refractivity contribution in [1.82, 2.24) is 5.32 Å². The molecule has 0 aromatic rings. The third kappa shape index (κ3) is 4.25. The minimum Gasteiger partial charge on any atom is -0.394 e. The van der Waals surface area contributed by atoms with Crippen LogP contribution in [-0.2, 0) is 4.74 Å². The fraction of sp³-hybridized carbons (Fsp3) is 0.714. The Hall–Kier alpha value is -0.590. The van der Waals surface area contributed by atoms with E-state index in [1.807, 2.05) is 0 Å². The van der Waals surface area contributed by atoms with Crippen molar-refractivity contribution in [1.29, 1.82) is 0 Å². The molecule has 6 heteroatoms. The van der Waals surface area contributed by atoms with E-state index in [1.54, 1.807) is 0 Å². The van der Waals surface area contributed by atoms with Gasteiger partial charge in [-0.05, 0) is 0 Å². The molecule has 0 radical (unpaired) electrons. The highest BCUT2D eigenvalue weighted by Gasteiger charge is 2.15. The first kappa shape index (κ1) is 10.5. The van der Waals surface area contributed by atoms with Crippen LogP contribution in [0, 0.1) is 0 Å². The van der Waals surface area contributed by atoms with E-state index in [0.717, 1.165) is 0 Å². The number of aliphatic imine (C=N–C) groups is 1. The van der Waals surface area contributed by atoms with Gasteiger partial charge in [-0.3, -0.25) is 9.79 Å². The first-order valence-corrected chi connectivity index (χ1v) is 4.97. The molecule has 0 aromatic heterocycles. The molecule has 0 aliphatic carbocycles. The van der Waals surface area contributed by atoms with Crippen molar-refractivity contribution >= 4 is 22.8 Å². The van der Waals surface area contributed by atoms with Gasteiger partial charge in [-0.15, -0.1) is 0 Å². The van der Waals surface area contributed by atoms with Crippen molar-refractivity contribution in [2.45, 2.75) is 0 Å². The van der Waals surface area contributed by atoms with Crippen LogP contribution in [0.15, 0.2) is 4.99 Å². The number of hydrogen-bond donors (Lipinski definition) is 2. The number of ether oxygens (including phenoxy) is 1. The highest BCUT2D eigenvalue weighted by Crippen LogP contribution is 2.08. The minimum atomic E-state index is -0.0463. The molecule has 1 rings (SSSR count). The maximum Gasteiger partial charge on any atom is 0.284 e. The van der Waals surface area contributed by atoms with Crippen LogP contribution in [0.5, 0.6) is 0 Å². The van der Waals surface area contributed by atoms with Gasteiger partial charge in [-0.2, -0.15) is 0 Å². The van der Waals surface area contributed by atoms with E-state index in [1.165, 1.54) is 11.8 Å². The minimum absolute atomic E-state index is 0.0309. The molecule has 0 unspecified atom stereocenters. The Kier molecular flexibility index (Phi) is 4.81. The molecular formula is C7H12N2O3S. The number of nitrogens with one attached hydrogen (secondary N) is 1. The number of aliphatic hydroxyl groups is 1. The Morgan fingerprint density at radius 1 is 1.62 bits per heavy atom. The lowest BCUT2D eigenvalue weighted by Crippen LogP contribution is -2.20. The number of aliphatic hydroxyl groups excluding tert-OH is 1. The molecule has 13 heavy (non-hydrogen) atoms. The number of amides is 1. The first-order valence-electron chi connectivity index (χ1n) is 3.98. The fourth-order valence-electron chi connectivity index (χ4n) is 0.821. The summed E-state index contributed by atoms with van der Waals surface area (Å²) in [4.78, 5) is 14.8. The van der Waals surface area contributed by atoms with Crippen molar-refractivity contribution < 1.29 is 14.6 Å². The number of nitrogens with zero attached hydrogens (tertiary/aromatic N) is 1. The average molecular weight is 204 g/mol. The highest BCUT2D eigenvalue weighted by atomic mass is 32.2. The lowest BCUT2D eigenvalue weighted by molar-refractivity contribution is 0.0978. The monoisotopic (exact) mass is 204 g/mol.